The molecule has 13 heavy (non-hydrogen) atoms. The van der Waals surface area contributed by atoms with Crippen molar-refractivity contribution in [1.29, 1.82) is 0 Å². The molecular weight excluding hydrogens is 162 g/mol. The molecule has 1 aliphatic rings. The molecule has 0 bridgehead atoms. The van der Waals surface area contributed by atoms with Crippen LogP contribution < -0.4 is 4.90 Å². The van der Waals surface area contributed by atoms with Crippen LogP contribution in [0.1, 0.15) is 19.5 Å². The van der Waals surface area contributed by atoms with Crippen LogP contribution in [-0.4, -0.2) is 23.1 Å². The predicted octanol–water partition coefficient (Wildman–Crippen LogP) is 1.63. The third-order valence-electron chi connectivity index (χ3n) is 2.30. The van der Waals surface area contributed by atoms with Crippen LogP contribution in [0.15, 0.2) is 12.3 Å². The van der Waals surface area contributed by atoms with Crippen LogP contribution in [0.3, 0.4) is 0 Å². The molecule has 0 unspecified atom stereocenters. The molecule has 1 aromatic rings. The van der Waals surface area contributed by atoms with Crippen molar-refractivity contribution in [2.45, 2.75) is 20.8 Å². The predicted molar refractivity (Wildman–Crippen MR) is 52.8 cm³/mol. The van der Waals surface area contributed by atoms with E-state index < -0.39 is 0 Å². The molecule has 70 valence electrons. The van der Waals surface area contributed by atoms with Gasteiger partial charge in [-0.25, -0.2) is 9.97 Å². The van der Waals surface area contributed by atoms with Crippen molar-refractivity contribution in [2.75, 3.05) is 18.0 Å². The van der Waals surface area contributed by atoms with Gasteiger partial charge in [0.05, 0.1) is 0 Å². The van der Waals surface area contributed by atoms with Gasteiger partial charge in [0.15, 0.2) is 0 Å². The summed E-state index contributed by atoms with van der Waals surface area (Å²) in [5.74, 6) is 0.874. The van der Waals surface area contributed by atoms with E-state index in [-0.39, 0.29) is 0 Å². The van der Waals surface area contributed by atoms with E-state index in [9.17, 15) is 0 Å². The Labute approximate surface area is 78.8 Å². The first kappa shape index (κ1) is 8.48. The van der Waals surface area contributed by atoms with Gasteiger partial charge in [-0.05, 0) is 18.4 Å². The molecule has 0 amide bonds. The molecule has 1 aromatic heterocycles. The minimum absolute atomic E-state index is 0.438. The summed E-state index contributed by atoms with van der Waals surface area (Å²) in [5.41, 5.74) is 1.47. The second-order valence-corrected chi connectivity index (χ2v) is 4.52. The number of hydrogen-bond acceptors (Lipinski definition) is 3. The van der Waals surface area contributed by atoms with Crippen molar-refractivity contribution in [3.05, 3.63) is 18.0 Å². The highest BCUT2D eigenvalue weighted by molar-refractivity contribution is 5.35. The van der Waals surface area contributed by atoms with Crippen LogP contribution in [0.5, 0.6) is 0 Å². The van der Waals surface area contributed by atoms with Crippen LogP contribution in [0.2, 0.25) is 0 Å². The summed E-state index contributed by atoms with van der Waals surface area (Å²) in [6, 6.07) is 1.93. The first-order valence-electron chi connectivity index (χ1n) is 4.61. The normalized spacial score (nSPS) is 19.8. The molecule has 1 saturated heterocycles. The number of rotatable bonds is 1. The Morgan fingerprint density at radius 1 is 1.38 bits per heavy atom. The molecule has 2 rings (SSSR count). The quantitative estimate of drug-likeness (QED) is 0.653. The van der Waals surface area contributed by atoms with Crippen LogP contribution in [-0.2, 0) is 0 Å². The van der Waals surface area contributed by atoms with E-state index in [1.807, 2.05) is 19.2 Å². The van der Waals surface area contributed by atoms with Gasteiger partial charge in [-0.1, -0.05) is 13.8 Å². The maximum absolute atomic E-state index is 4.38. The van der Waals surface area contributed by atoms with Gasteiger partial charge >= 0.3 is 0 Å². The van der Waals surface area contributed by atoms with Gasteiger partial charge in [-0.2, -0.15) is 0 Å². The smallest absolute Gasteiger partial charge is 0.225 e. The fourth-order valence-electron chi connectivity index (χ4n) is 1.72. The molecule has 0 spiro atoms. The number of anilines is 1. The summed E-state index contributed by atoms with van der Waals surface area (Å²) >= 11 is 0. The van der Waals surface area contributed by atoms with Crippen LogP contribution in [0.25, 0.3) is 0 Å². The van der Waals surface area contributed by atoms with Gasteiger partial charge in [0.1, 0.15) is 0 Å². The van der Waals surface area contributed by atoms with Crippen molar-refractivity contribution in [2.24, 2.45) is 5.41 Å². The Balaban J connectivity index is 2.11. The molecule has 1 aliphatic heterocycles. The fraction of sp³-hybridized carbons (Fsp3) is 0.600. The monoisotopic (exact) mass is 177 g/mol. The minimum Gasteiger partial charge on any atom is -0.340 e. The van der Waals surface area contributed by atoms with Crippen LogP contribution >= 0.6 is 0 Å². The van der Waals surface area contributed by atoms with Crippen molar-refractivity contribution in [3.8, 4) is 0 Å². The Morgan fingerprint density at radius 2 is 2.08 bits per heavy atom. The lowest BCUT2D eigenvalue weighted by Gasteiger charge is -2.45. The molecule has 1 fully saturated rings. The Bertz CT molecular complexity index is 312. The van der Waals surface area contributed by atoms with Gasteiger partial charge in [0, 0.05) is 25.0 Å². The third-order valence-corrected chi connectivity index (χ3v) is 2.30. The zero-order valence-corrected chi connectivity index (χ0v) is 8.41. The lowest BCUT2D eigenvalue weighted by atomic mass is 9.85. The zero-order valence-electron chi connectivity index (χ0n) is 8.41. The van der Waals surface area contributed by atoms with Crippen molar-refractivity contribution in [3.63, 3.8) is 0 Å². The number of aryl methyl sites for hydroxylation is 1. The Hall–Kier alpha value is -1.12. The average Bonchev–Trinajstić information content (AvgIpc) is 2.00. The van der Waals surface area contributed by atoms with Gasteiger partial charge < -0.3 is 4.90 Å². The number of aromatic nitrogens is 2. The van der Waals surface area contributed by atoms with Gasteiger partial charge in [0.2, 0.25) is 5.95 Å². The molecule has 0 saturated carbocycles. The number of nitrogens with zero attached hydrogens (tertiary/aromatic N) is 3. The first-order chi connectivity index (χ1) is 6.07. The van der Waals surface area contributed by atoms with E-state index in [1.54, 1.807) is 0 Å². The maximum Gasteiger partial charge on any atom is 0.225 e. The van der Waals surface area contributed by atoms with E-state index in [0.717, 1.165) is 24.7 Å². The van der Waals surface area contributed by atoms with Crippen molar-refractivity contribution < 1.29 is 0 Å². The zero-order chi connectivity index (χ0) is 9.47. The number of hydrogen-bond donors (Lipinski definition) is 0. The second kappa shape index (κ2) is 2.69. The molecule has 3 heteroatoms. The molecule has 0 radical (unpaired) electrons. The minimum atomic E-state index is 0.438. The lowest BCUT2D eigenvalue weighted by Crippen LogP contribution is -2.53. The molecule has 3 nitrogen and oxygen atoms in total. The van der Waals surface area contributed by atoms with E-state index in [1.165, 1.54) is 0 Å². The second-order valence-electron chi connectivity index (χ2n) is 4.52. The lowest BCUT2D eigenvalue weighted by molar-refractivity contribution is 0.272. The maximum atomic E-state index is 4.38. The molecule has 0 N–H and O–H groups in total. The van der Waals surface area contributed by atoms with Crippen LogP contribution in [0, 0.1) is 12.3 Å². The third kappa shape index (κ3) is 1.64. The van der Waals surface area contributed by atoms with E-state index in [2.05, 4.69) is 28.7 Å². The molecule has 2 heterocycles. The summed E-state index contributed by atoms with van der Waals surface area (Å²) in [5, 5.41) is 0. The van der Waals surface area contributed by atoms with Gasteiger partial charge in [-0.15, -0.1) is 0 Å². The standard InChI is InChI=1S/C10H15N3/c1-8-4-5-11-9(12-8)13-6-10(2,3)7-13/h4-5H,6-7H2,1-3H3. The summed E-state index contributed by atoms with van der Waals surface area (Å²) in [4.78, 5) is 10.8. The van der Waals surface area contributed by atoms with Crippen LogP contribution in [0.4, 0.5) is 5.95 Å². The van der Waals surface area contributed by atoms with E-state index in [0.29, 0.717) is 5.41 Å². The average molecular weight is 177 g/mol. The Kier molecular flexibility index (Phi) is 1.75. The Morgan fingerprint density at radius 3 is 2.62 bits per heavy atom. The largest absolute Gasteiger partial charge is 0.340 e. The summed E-state index contributed by atoms with van der Waals surface area (Å²) < 4.78 is 0. The first-order valence-corrected chi connectivity index (χ1v) is 4.61. The molecule has 0 atom stereocenters. The highest BCUT2D eigenvalue weighted by Crippen LogP contribution is 2.31. The van der Waals surface area contributed by atoms with E-state index >= 15 is 0 Å². The highest BCUT2D eigenvalue weighted by Gasteiger charge is 2.35. The van der Waals surface area contributed by atoms with Crippen molar-refractivity contribution >= 4 is 5.95 Å². The summed E-state index contributed by atoms with van der Waals surface area (Å²) in [7, 11) is 0. The fourth-order valence-corrected chi connectivity index (χ4v) is 1.72. The topological polar surface area (TPSA) is 29.0 Å². The molecule has 0 aliphatic carbocycles. The molecular formula is C10H15N3. The van der Waals surface area contributed by atoms with Gasteiger partial charge in [-0.3, -0.25) is 0 Å². The SMILES string of the molecule is Cc1ccnc(N2CC(C)(C)C2)n1. The van der Waals surface area contributed by atoms with Gasteiger partial charge in [0.25, 0.3) is 0 Å². The van der Waals surface area contributed by atoms with E-state index in [4.69, 9.17) is 0 Å². The molecule has 0 aromatic carbocycles. The highest BCUT2D eigenvalue weighted by atomic mass is 15.3. The summed E-state index contributed by atoms with van der Waals surface area (Å²) in [6.07, 6.45) is 1.82. The van der Waals surface area contributed by atoms with Crippen molar-refractivity contribution in [1.82, 2.24) is 9.97 Å². The summed E-state index contributed by atoms with van der Waals surface area (Å²) in [6.45, 7) is 8.65.